The molecule has 0 aromatic heterocycles. The van der Waals surface area contributed by atoms with E-state index in [2.05, 4.69) is 21.2 Å². The Hall–Kier alpha value is -2.09. The van der Waals surface area contributed by atoms with E-state index in [1.54, 1.807) is 31.2 Å². The first-order valence-corrected chi connectivity index (χ1v) is 9.94. The number of amides is 3. The molecule has 0 spiro atoms. The van der Waals surface area contributed by atoms with Crippen LogP contribution >= 0.6 is 27.5 Å². The van der Waals surface area contributed by atoms with Gasteiger partial charge in [0.25, 0.3) is 5.91 Å². The maximum Gasteiger partial charge on any atom is 0.326 e. The largest absolute Gasteiger partial charge is 0.492 e. The van der Waals surface area contributed by atoms with Gasteiger partial charge in [0.2, 0.25) is 0 Å². The Labute approximate surface area is 177 Å². The van der Waals surface area contributed by atoms with Crippen molar-refractivity contribution < 1.29 is 14.3 Å². The van der Waals surface area contributed by atoms with Crippen molar-refractivity contribution in [3.63, 3.8) is 0 Å². The third kappa shape index (κ3) is 4.48. The number of nitrogens with zero attached hydrogens (tertiary/aromatic N) is 2. The maximum atomic E-state index is 13.0. The monoisotopic (exact) mass is 465 g/mol. The minimum Gasteiger partial charge on any atom is -0.492 e. The summed E-state index contributed by atoms with van der Waals surface area (Å²) in [6, 6.07) is 14.1. The summed E-state index contributed by atoms with van der Waals surface area (Å²) in [5, 5.41) is 3.46. The SMILES string of the molecule is CN(CCOc1ccc(Cl)cc1)CN1C(=O)NC(C)(c2cccc(Br)c2)C1=O. The van der Waals surface area contributed by atoms with E-state index in [0.717, 1.165) is 15.8 Å². The second kappa shape index (κ2) is 8.51. The zero-order valence-electron chi connectivity index (χ0n) is 15.6. The van der Waals surface area contributed by atoms with Gasteiger partial charge in [0.1, 0.15) is 17.9 Å². The fourth-order valence-electron chi connectivity index (χ4n) is 2.98. The molecule has 3 amide bonds. The van der Waals surface area contributed by atoms with E-state index in [4.69, 9.17) is 16.3 Å². The van der Waals surface area contributed by atoms with Crippen molar-refractivity contribution in [2.45, 2.75) is 12.5 Å². The third-order valence-electron chi connectivity index (χ3n) is 4.62. The number of ether oxygens (including phenoxy) is 1. The van der Waals surface area contributed by atoms with Crippen LogP contribution in [0.15, 0.2) is 53.0 Å². The van der Waals surface area contributed by atoms with Crippen molar-refractivity contribution in [2.75, 3.05) is 26.9 Å². The first kappa shape index (κ1) is 20.6. The van der Waals surface area contributed by atoms with Crippen molar-refractivity contribution >= 4 is 39.5 Å². The Bertz CT molecular complexity index is 877. The molecule has 148 valence electrons. The lowest BCUT2D eigenvalue weighted by Crippen LogP contribution is -2.43. The quantitative estimate of drug-likeness (QED) is 0.630. The number of imide groups is 1. The number of likely N-dealkylation sites (N-methyl/N-ethyl adjacent to an activating group) is 1. The molecular formula is C20H21BrClN3O3. The van der Waals surface area contributed by atoms with Gasteiger partial charge in [-0.15, -0.1) is 0 Å². The van der Waals surface area contributed by atoms with Crippen molar-refractivity contribution in [1.82, 2.24) is 15.1 Å². The predicted molar refractivity (Wildman–Crippen MR) is 111 cm³/mol. The molecule has 0 aliphatic carbocycles. The van der Waals surface area contributed by atoms with Gasteiger partial charge in [-0.3, -0.25) is 9.69 Å². The molecule has 2 aromatic carbocycles. The van der Waals surface area contributed by atoms with Crippen LogP contribution in [0.4, 0.5) is 4.79 Å². The van der Waals surface area contributed by atoms with Gasteiger partial charge >= 0.3 is 6.03 Å². The normalized spacial score (nSPS) is 19.2. The molecule has 28 heavy (non-hydrogen) atoms. The maximum absolute atomic E-state index is 13.0. The van der Waals surface area contributed by atoms with Gasteiger partial charge in [-0.2, -0.15) is 0 Å². The van der Waals surface area contributed by atoms with Crippen LogP contribution in [0.5, 0.6) is 5.75 Å². The first-order chi connectivity index (χ1) is 13.3. The molecule has 2 aromatic rings. The molecule has 0 bridgehead atoms. The van der Waals surface area contributed by atoms with Crippen LogP contribution in [0.1, 0.15) is 12.5 Å². The zero-order chi connectivity index (χ0) is 20.3. The topological polar surface area (TPSA) is 61.9 Å². The standard InChI is InChI=1S/C20H21BrClN3O3/c1-20(14-4-3-5-15(21)12-14)18(26)25(19(27)23-20)13-24(2)10-11-28-17-8-6-16(22)7-9-17/h3-9,12H,10-11,13H2,1-2H3,(H,23,27). The highest BCUT2D eigenvalue weighted by Crippen LogP contribution is 2.30. The third-order valence-corrected chi connectivity index (χ3v) is 5.36. The highest BCUT2D eigenvalue weighted by Gasteiger charge is 2.49. The molecule has 6 nitrogen and oxygen atoms in total. The summed E-state index contributed by atoms with van der Waals surface area (Å²) in [6.45, 7) is 2.87. The van der Waals surface area contributed by atoms with Crippen LogP contribution in [0.25, 0.3) is 0 Å². The Balaban J connectivity index is 1.58. The molecule has 8 heteroatoms. The Morgan fingerprint density at radius 1 is 1.21 bits per heavy atom. The number of hydrogen-bond donors (Lipinski definition) is 1. The van der Waals surface area contributed by atoms with Gasteiger partial charge in [-0.25, -0.2) is 9.69 Å². The average molecular weight is 467 g/mol. The predicted octanol–water partition coefficient (Wildman–Crippen LogP) is 3.84. The van der Waals surface area contributed by atoms with Crippen molar-refractivity contribution in [3.05, 3.63) is 63.6 Å². The van der Waals surface area contributed by atoms with Crippen LogP contribution in [0.3, 0.4) is 0 Å². The van der Waals surface area contributed by atoms with Crippen LogP contribution in [0, 0.1) is 0 Å². The molecule has 1 unspecified atom stereocenters. The van der Waals surface area contributed by atoms with E-state index in [0.29, 0.717) is 18.2 Å². The fraction of sp³-hybridized carbons (Fsp3) is 0.300. The fourth-order valence-corrected chi connectivity index (χ4v) is 3.51. The Morgan fingerprint density at radius 3 is 2.61 bits per heavy atom. The number of urea groups is 1. The summed E-state index contributed by atoms with van der Waals surface area (Å²) < 4.78 is 6.51. The minimum atomic E-state index is -1.08. The lowest BCUT2D eigenvalue weighted by molar-refractivity contribution is -0.132. The highest BCUT2D eigenvalue weighted by molar-refractivity contribution is 9.10. The number of halogens is 2. The van der Waals surface area contributed by atoms with Crippen molar-refractivity contribution in [2.24, 2.45) is 0 Å². The molecule has 1 heterocycles. The van der Waals surface area contributed by atoms with E-state index < -0.39 is 11.6 Å². The summed E-state index contributed by atoms with van der Waals surface area (Å²) >= 11 is 9.26. The number of carbonyl (C=O) groups excluding carboxylic acids is 2. The zero-order valence-corrected chi connectivity index (χ0v) is 18.0. The molecule has 3 rings (SSSR count). The molecule has 1 aliphatic heterocycles. The van der Waals surface area contributed by atoms with Gasteiger partial charge in [0, 0.05) is 16.0 Å². The lowest BCUT2D eigenvalue weighted by Gasteiger charge is -2.25. The summed E-state index contributed by atoms with van der Waals surface area (Å²) in [5.41, 5.74) is -0.349. The van der Waals surface area contributed by atoms with Crippen molar-refractivity contribution in [1.29, 1.82) is 0 Å². The molecule has 1 saturated heterocycles. The lowest BCUT2D eigenvalue weighted by atomic mass is 9.92. The number of carbonyl (C=O) groups is 2. The Kier molecular flexibility index (Phi) is 6.27. The smallest absolute Gasteiger partial charge is 0.326 e. The molecule has 1 aliphatic rings. The second-order valence-corrected chi connectivity index (χ2v) is 8.17. The molecule has 1 N–H and O–H groups in total. The molecule has 0 saturated carbocycles. The molecule has 1 fully saturated rings. The van der Waals surface area contributed by atoms with E-state index >= 15 is 0 Å². The number of hydrogen-bond acceptors (Lipinski definition) is 4. The summed E-state index contributed by atoms with van der Waals surface area (Å²) in [5.74, 6) is 0.441. The first-order valence-electron chi connectivity index (χ1n) is 8.76. The van der Waals surface area contributed by atoms with Gasteiger partial charge < -0.3 is 10.1 Å². The second-order valence-electron chi connectivity index (χ2n) is 6.82. The van der Waals surface area contributed by atoms with Crippen LogP contribution in [-0.2, 0) is 10.3 Å². The van der Waals surface area contributed by atoms with Crippen LogP contribution in [0.2, 0.25) is 5.02 Å². The van der Waals surface area contributed by atoms with Gasteiger partial charge in [-0.1, -0.05) is 39.7 Å². The summed E-state index contributed by atoms with van der Waals surface area (Å²) in [4.78, 5) is 28.5. The average Bonchev–Trinajstić information content (AvgIpc) is 2.87. The van der Waals surface area contributed by atoms with Crippen molar-refractivity contribution in [3.8, 4) is 5.75 Å². The van der Waals surface area contributed by atoms with E-state index in [1.165, 1.54) is 4.90 Å². The van der Waals surface area contributed by atoms with Crippen LogP contribution in [-0.4, -0.2) is 48.6 Å². The number of nitrogens with one attached hydrogen (secondary N) is 1. The van der Waals surface area contributed by atoms with Gasteiger partial charge in [-0.05, 0) is 55.9 Å². The Morgan fingerprint density at radius 2 is 1.93 bits per heavy atom. The molecule has 0 radical (unpaired) electrons. The highest BCUT2D eigenvalue weighted by atomic mass is 79.9. The number of rotatable bonds is 7. The summed E-state index contributed by atoms with van der Waals surface area (Å²) in [7, 11) is 1.83. The molecular weight excluding hydrogens is 446 g/mol. The minimum absolute atomic E-state index is 0.179. The van der Waals surface area contributed by atoms with Gasteiger partial charge in [0.05, 0.1) is 6.67 Å². The van der Waals surface area contributed by atoms with E-state index in [-0.39, 0.29) is 12.6 Å². The van der Waals surface area contributed by atoms with E-state index in [1.807, 2.05) is 36.2 Å². The molecule has 1 atom stereocenters. The summed E-state index contributed by atoms with van der Waals surface area (Å²) in [6.07, 6.45) is 0. The van der Waals surface area contributed by atoms with Gasteiger partial charge in [0.15, 0.2) is 0 Å². The number of benzene rings is 2. The van der Waals surface area contributed by atoms with Crippen LogP contribution < -0.4 is 10.1 Å². The van der Waals surface area contributed by atoms with E-state index in [9.17, 15) is 9.59 Å².